The van der Waals surface area contributed by atoms with Crippen molar-refractivity contribution in [2.45, 2.75) is 39.2 Å². The Hall–Kier alpha value is -1.95. The molecule has 0 bridgehead atoms. The molecule has 6 heteroatoms. The molecule has 3 heterocycles. The lowest BCUT2D eigenvalue weighted by atomic mass is 10.1. The first kappa shape index (κ1) is 15.9. The van der Waals surface area contributed by atoms with E-state index in [1.54, 1.807) is 11.3 Å². The van der Waals surface area contributed by atoms with E-state index in [0.717, 1.165) is 48.1 Å². The third-order valence-corrected chi connectivity index (χ3v) is 4.90. The fourth-order valence-electron chi connectivity index (χ4n) is 2.92. The SMILES string of the molecule is Cc1cc(C)nc(N2CCC(NC(=O)Cc3cccs3)CC2)n1. The van der Waals surface area contributed by atoms with Crippen LogP contribution in [0.1, 0.15) is 29.1 Å². The summed E-state index contributed by atoms with van der Waals surface area (Å²) in [5, 5.41) is 5.16. The number of piperidine rings is 1. The molecule has 0 atom stereocenters. The van der Waals surface area contributed by atoms with Crippen molar-refractivity contribution < 1.29 is 4.79 Å². The van der Waals surface area contributed by atoms with Gasteiger partial charge in [0.2, 0.25) is 11.9 Å². The monoisotopic (exact) mass is 330 g/mol. The van der Waals surface area contributed by atoms with Crippen LogP contribution in [0.4, 0.5) is 5.95 Å². The number of carbonyl (C=O) groups excluding carboxylic acids is 1. The molecule has 0 aliphatic carbocycles. The van der Waals surface area contributed by atoms with Crippen LogP contribution in [0.25, 0.3) is 0 Å². The van der Waals surface area contributed by atoms with E-state index >= 15 is 0 Å². The van der Waals surface area contributed by atoms with Gasteiger partial charge in [0.1, 0.15) is 0 Å². The molecule has 0 radical (unpaired) electrons. The van der Waals surface area contributed by atoms with E-state index < -0.39 is 0 Å². The van der Waals surface area contributed by atoms with Crippen LogP contribution in [0.3, 0.4) is 0 Å². The van der Waals surface area contributed by atoms with Gasteiger partial charge in [-0.1, -0.05) is 6.07 Å². The number of carbonyl (C=O) groups is 1. The van der Waals surface area contributed by atoms with Crippen LogP contribution in [0.5, 0.6) is 0 Å². The van der Waals surface area contributed by atoms with E-state index in [4.69, 9.17) is 0 Å². The van der Waals surface area contributed by atoms with Crippen LogP contribution < -0.4 is 10.2 Å². The van der Waals surface area contributed by atoms with Crippen molar-refractivity contribution in [1.82, 2.24) is 15.3 Å². The highest BCUT2D eigenvalue weighted by atomic mass is 32.1. The Morgan fingerprint density at radius 2 is 2.00 bits per heavy atom. The summed E-state index contributed by atoms with van der Waals surface area (Å²) in [5.74, 6) is 0.930. The normalized spacial score (nSPS) is 15.7. The van der Waals surface area contributed by atoms with Gasteiger partial charge in [0.25, 0.3) is 0 Å². The molecule has 1 aliphatic rings. The first-order valence-electron chi connectivity index (χ1n) is 7.99. The molecule has 23 heavy (non-hydrogen) atoms. The lowest BCUT2D eigenvalue weighted by molar-refractivity contribution is -0.121. The Kier molecular flexibility index (Phi) is 4.91. The molecule has 1 N–H and O–H groups in total. The van der Waals surface area contributed by atoms with E-state index in [-0.39, 0.29) is 11.9 Å². The summed E-state index contributed by atoms with van der Waals surface area (Å²) in [7, 11) is 0. The van der Waals surface area contributed by atoms with Crippen LogP contribution in [-0.4, -0.2) is 35.0 Å². The van der Waals surface area contributed by atoms with Gasteiger partial charge in [-0.2, -0.15) is 0 Å². The molecule has 0 unspecified atom stereocenters. The second kappa shape index (κ2) is 7.08. The first-order valence-corrected chi connectivity index (χ1v) is 8.87. The zero-order valence-electron chi connectivity index (χ0n) is 13.6. The number of anilines is 1. The number of rotatable bonds is 4. The maximum Gasteiger partial charge on any atom is 0.225 e. The van der Waals surface area contributed by atoms with Crippen LogP contribution in [0, 0.1) is 13.8 Å². The maximum atomic E-state index is 12.1. The predicted molar refractivity (Wildman–Crippen MR) is 92.9 cm³/mol. The van der Waals surface area contributed by atoms with Crippen LogP contribution in [0.2, 0.25) is 0 Å². The number of aryl methyl sites for hydroxylation is 2. The third-order valence-electron chi connectivity index (χ3n) is 4.03. The number of amides is 1. The number of thiophene rings is 1. The van der Waals surface area contributed by atoms with Gasteiger partial charge >= 0.3 is 0 Å². The molecule has 1 fully saturated rings. The fraction of sp³-hybridized carbons (Fsp3) is 0.471. The van der Waals surface area contributed by atoms with Crippen molar-refractivity contribution in [3.63, 3.8) is 0 Å². The summed E-state index contributed by atoms with van der Waals surface area (Å²) >= 11 is 1.63. The van der Waals surface area contributed by atoms with Gasteiger partial charge in [0, 0.05) is 35.4 Å². The summed E-state index contributed by atoms with van der Waals surface area (Å²) in [6, 6.07) is 6.23. The second-order valence-corrected chi connectivity index (χ2v) is 7.07. The molecule has 2 aromatic rings. The third kappa shape index (κ3) is 4.28. The van der Waals surface area contributed by atoms with Crippen molar-refractivity contribution in [3.05, 3.63) is 39.8 Å². The Morgan fingerprint density at radius 3 is 2.61 bits per heavy atom. The van der Waals surface area contributed by atoms with Crippen molar-refractivity contribution in [3.8, 4) is 0 Å². The molecule has 0 aromatic carbocycles. The molecule has 0 spiro atoms. The molecule has 122 valence electrons. The van der Waals surface area contributed by atoms with Crippen LogP contribution in [0.15, 0.2) is 23.6 Å². The van der Waals surface area contributed by atoms with Gasteiger partial charge in [0.05, 0.1) is 6.42 Å². The number of hydrogen-bond donors (Lipinski definition) is 1. The maximum absolute atomic E-state index is 12.1. The quantitative estimate of drug-likeness (QED) is 0.936. The Labute approximate surface area is 140 Å². The number of nitrogens with zero attached hydrogens (tertiary/aromatic N) is 3. The average molecular weight is 330 g/mol. The van der Waals surface area contributed by atoms with E-state index in [1.807, 2.05) is 37.4 Å². The van der Waals surface area contributed by atoms with Gasteiger partial charge in [-0.25, -0.2) is 9.97 Å². The molecule has 3 rings (SSSR count). The molecule has 1 amide bonds. The van der Waals surface area contributed by atoms with Gasteiger partial charge in [-0.3, -0.25) is 4.79 Å². The first-order chi connectivity index (χ1) is 11.1. The molecular weight excluding hydrogens is 308 g/mol. The van der Waals surface area contributed by atoms with Crippen molar-refractivity contribution in [1.29, 1.82) is 0 Å². The smallest absolute Gasteiger partial charge is 0.225 e. The van der Waals surface area contributed by atoms with Crippen molar-refractivity contribution >= 4 is 23.2 Å². The molecule has 5 nitrogen and oxygen atoms in total. The number of nitrogens with one attached hydrogen (secondary N) is 1. The largest absolute Gasteiger partial charge is 0.353 e. The minimum absolute atomic E-state index is 0.119. The molecule has 1 saturated heterocycles. The molecule has 0 saturated carbocycles. The summed E-state index contributed by atoms with van der Waals surface area (Å²) in [4.78, 5) is 24.4. The van der Waals surface area contributed by atoms with Gasteiger partial charge in [-0.15, -0.1) is 11.3 Å². The fourth-order valence-corrected chi connectivity index (χ4v) is 3.63. The predicted octanol–water partition coefficient (Wildman–Crippen LogP) is 2.48. The van der Waals surface area contributed by atoms with E-state index in [2.05, 4.69) is 20.2 Å². The highest BCUT2D eigenvalue weighted by Crippen LogP contribution is 2.17. The molecule has 2 aromatic heterocycles. The van der Waals surface area contributed by atoms with E-state index in [9.17, 15) is 4.79 Å². The van der Waals surface area contributed by atoms with Gasteiger partial charge in [-0.05, 0) is 44.2 Å². The Bertz CT molecular complexity index is 643. The Morgan fingerprint density at radius 1 is 1.30 bits per heavy atom. The minimum Gasteiger partial charge on any atom is -0.353 e. The lowest BCUT2D eigenvalue weighted by Crippen LogP contribution is -2.45. The van der Waals surface area contributed by atoms with Crippen LogP contribution >= 0.6 is 11.3 Å². The Balaban J connectivity index is 1.51. The highest BCUT2D eigenvalue weighted by molar-refractivity contribution is 7.10. The highest BCUT2D eigenvalue weighted by Gasteiger charge is 2.22. The summed E-state index contributed by atoms with van der Waals surface area (Å²) < 4.78 is 0. The van der Waals surface area contributed by atoms with Gasteiger partial charge < -0.3 is 10.2 Å². The van der Waals surface area contributed by atoms with E-state index in [1.165, 1.54) is 0 Å². The summed E-state index contributed by atoms with van der Waals surface area (Å²) in [6.45, 7) is 5.76. The second-order valence-electron chi connectivity index (χ2n) is 6.04. The van der Waals surface area contributed by atoms with Crippen LogP contribution in [-0.2, 0) is 11.2 Å². The standard InChI is InChI=1S/C17H22N4OS/c1-12-10-13(2)19-17(18-12)21-7-5-14(6-8-21)20-16(22)11-15-4-3-9-23-15/h3-4,9-10,14H,5-8,11H2,1-2H3,(H,20,22). The summed E-state index contributed by atoms with van der Waals surface area (Å²) in [6.07, 6.45) is 2.36. The zero-order valence-corrected chi connectivity index (χ0v) is 14.4. The minimum atomic E-state index is 0.119. The average Bonchev–Trinajstić information content (AvgIpc) is 2.99. The topological polar surface area (TPSA) is 58.1 Å². The van der Waals surface area contributed by atoms with Crippen molar-refractivity contribution in [2.75, 3.05) is 18.0 Å². The van der Waals surface area contributed by atoms with E-state index in [0.29, 0.717) is 6.42 Å². The van der Waals surface area contributed by atoms with Crippen molar-refractivity contribution in [2.24, 2.45) is 0 Å². The number of hydrogen-bond acceptors (Lipinski definition) is 5. The number of aromatic nitrogens is 2. The van der Waals surface area contributed by atoms with Gasteiger partial charge in [0.15, 0.2) is 0 Å². The molecular formula is C17H22N4OS. The lowest BCUT2D eigenvalue weighted by Gasteiger charge is -2.32. The zero-order chi connectivity index (χ0) is 16.2. The molecule has 1 aliphatic heterocycles. The summed E-state index contributed by atoms with van der Waals surface area (Å²) in [5.41, 5.74) is 2.00.